The fourth-order valence-corrected chi connectivity index (χ4v) is 2.22. The molecule has 1 aromatic rings. The van der Waals surface area contributed by atoms with E-state index < -0.39 is 17.5 Å². The van der Waals surface area contributed by atoms with Gasteiger partial charge in [-0.2, -0.15) is 0 Å². The van der Waals surface area contributed by atoms with E-state index in [2.05, 4.69) is 5.32 Å². The molecule has 0 aliphatic carbocycles. The van der Waals surface area contributed by atoms with Crippen LogP contribution in [0.5, 0.6) is 0 Å². The molecule has 1 heterocycles. The van der Waals surface area contributed by atoms with Crippen molar-refractivity contribution < 1.29 is 14.0 Å². The van der Waals surface area contributed by atoms with E-state index in [0.29, 0.717) is 17.8 Å². The maximum Gasteiger partial charge on any atom is 0.299 e. The molecule has 1 aromatic carbocycles. The Morgan fingerprint density at radius 3 is 2.79 bits per heavy atom. The topological polar surface area (TPSA) is 49.4 Å². The van der Waals surface area contributed by atoms with Crippen LogP contribution in [0, 0.1) is 11.7 Å². The lowest BCUT2D eigenvalue weighted by molar-refractivity contribution is -0.114. The van der Waals surface area contributed by atoms with Crippen molar-refractivity contribution in [2.45, 2.75) is 13.8 Å². The number of carbonyl (C=O) groups excluding carboxylic acids is 2. The van der Waals surface area contributed by atoms with E-state index >= 15 is 0 Å². The molecule has 1 N–H and O–H groups in total. The normalized spacial score (nSPS) is 15.8. The van der Waals surface area contributed by atoms with E-state index in [1.807, 2.05) is 13.8 Å². The number of amides is 1. The molecular weight excluding hydrogens is 247 g/mol. The van der Waals surface area contributed by atoms with Gasteiger partial charge in [0.2, 0.25) is 0 Å². The van der Waals surface area contributed by atoms with E-state index in [4.69, 9.17) is 0 Å². The van der Waals surface area contributed by atoms with Gasteiger partial charge in [-0.15, -0.1) is 0 Å². The highest BCUT2D eigenvalue weighted by Crippen LogP contribution is 2.30. The molecule has 1 aliphatic rings. The molecule has 0 saturated carbocycles. The molecule has 5 heteroatoms. The molecule has 1 atom stereocenters. The molecule has 0 radical (unpaired) electrons. The summed E-state index contributed by atoms with van der Waals surface area (Å²) in [5, 5.41) is 3.19. The maximum absolute atomic E-state index is 13.3. The molecule has 0 spiro atoms. The molecule has 4 nitrogen and oxygen atoms in total. The SMILES string of the molecule is CCNCC(C)CN1C(=O)C(=O)c2ccc(F)cc21. The summed E-state index contributed by atoms with van der Waals surface area (Å²) in [6.07, 6.45) is 0. The smallest absolute Gasteiger partial charge is 0.299 e. The highest BCUT2D eigenvalue weighted by Gasteiger charge is 2.36. The van der Waals surface area contributed by atoms with Gasteiger partial charge < -0.3 is 10.2 Å². The van der Waals surface area contributed by atoms with Gasteiger partial charge in [0.15, 0.2) is 0 Å². The van der Waals surface area contributed by atoms with Gasteiger partial charge in [-0.05, 0) is 37.2 Å². The quantitative estimate of drug-likeness (QED) is 0.822. The van der Waals surface area contributed by atoms with Crippen molar-refractivity contribution in [2.75, 3.05) is 24.5 Å². The van der Waals surface area contributed by atoms with Gasteiger partial charge in [-0.3, -0.25) is 9.59 Å². The predicted molar refractivity (Wildman–Crippen MR) is 70.8 cm³/mol. The largest absolute Gasteiger partial charge is 0.317 e. The standard InChI is InChI=1S/C14H17FN2O2/c1-3-16-7-9(2)8-17-12-6-10(15)4-5-11(12)13(18)14(17)19/h4-6,9,16H,3,7-8H2,1-2H3. The van der Waals surface area contributed by atoms with Gasteiger partial charge in [0.1, 0.15) is 5.82 Å². The third-order valence-electron chi connectivity index (χ3n) is 3.17. The second kappa shape index (κ2) is 5.48. The predicted octanol–water partition coefficient (Wildman–Crippen LogP) is 1.60. The lowest BCUT2D eigenvalue weighted by Crippen LogP contribution is -2.36. The van der Waals surface area contributed by atoms with Crippen LogP contribution in [-0.4, -0.2) is 31.3 Å². The summed E-state index contributed by atoms with van der Waals surface area (Å²) >= 11 is 0. The van der Waals surface area contributed by atoms with E-state index in [1.165, 1.54) is 23.1 Å². The van der Waals surface area contributed by atoms with Crippen LogP contribution in [0.1, 0.15) is 24.2 Å². The van der Waals surface area contributed by atoms with Gasteiger partial charge in [0.05, 0.1) is 11.3 Å². The Bertz CT molecular complexity index is 516. The van der Waals surface area contributed by atoms with Gasteiger partial charge >= 0.3 is 0 Å². The van der Waals surface area contributed by atoms with Crippen LogP contribution in [0.15, 0.2) is 18.2 Å². The molecule has 0 fully saturated rings. The minimum atomic E-state index is -0.566. The third kappa shape index (κ3) is 2.66. The van der Waals surface area contributed by atoms with E-state index in [1.54, 1.807) is 0 Å². The fourth-order valence-electron chi connectivity index (χ4n) is 2.22. The lowest BCUT2D eigenvalue weighted by Gasteiger charge is -2.21. The average Bonchev–Trinajstić information content (AvgIpc) is 2.61. The van der Waals surface area contributed by atoms with Crippen LogP contribution in [0.2, 0.25) is 0 Å². The first-order chi connectivity index (χ1) is 9.04. The van der Waals surface area contributed by atoms with Crippen molar-refractivity contribution in [3.05, 3.63) is 29.6 Å². The molecule has 0 aromatic heterocycles. The van der Waals surface area contributed by atoms with Gasteiger partial charge in [-0.1, -0.05) is 13.8 Å². The van der Waals surface area contributed by atoms with Gasteiger partial charge in [-0.25, -0.2) is 4.39 Å². The summed E-state index contributed by atoms with van der Waals surface area (Å²) in [5.74, 6) is -1.37. The molecule has 0 bridgehead atoms. The van der Waals surface area contributed by atoms with E-state index in [0.717, 1.165) is 13.1 Å². The number of nitrogens with zero attached hydrogens (tertiary/aromatic N) is 1. The first-order valence-corrected chi connectivity index (χ1v) is 6.41. The number of halogens is 1. The number of rotatable bonds is 5. The maximum atomic E-state index is 13.3. The Kier molecular flexibility index (Phi) is 3.95. The number of Topliss-reactive ketones (excluding diaryl/α,β-unsaturated/α-hetero) is 1. The summed E-state index contributed by atoms with van der Waals surface area (Å²) in [5.41, 5.74) is 0.681. The molecule has 0 saturated heterocycles. The number of ketones is 1. The minimum Gasteiger partial charge on any atom is -0.317 e. The third-order valence-corrected chi connectivity index (χ3v) is 3.17. The number of fused-ring (bicyclic) bond motifs is 1. The highest BCUT2D eigenvalue weighted by atomic mass is 19.1. The van der Waals surface area contributed by atoms with Crippen molar-refractivity contribution in [3.8, 4) is 0 Å². The van der Waals surface area contributed by atoms with Gasteiger partial charge in [0.25, 0.3) is 11.7 Å². The van der Waals surface area contributed by atoms with Crippen LogP contribution in [0.25, 0.3) is 0 Å². The molecule has 1 amide bonds. The van der Waals surface area contributed by atoms with Crippen molar-refractivity contribution in [2.24, 2.45) is 5.92 Å². The molecule has 102 valence electrons. The molecule has 1 aliphatic heterocycles. The zero-order valence-electron chi connectivity index (χ0n) is 11.1. The second-order valence-electron chi connectivity index (χ2n) is 4.82. The first-order valence-electron chi connectivity index (χ1n) is 6.41. The summed E-state index contributed by atoms with van der Waals surface area (Å²) in [4.78, 5) is 25.1. The number of hydrogen-bond acceptors (Lipinski definition) is 3. The Hall–Kier alpha value is -1.75. The Labute approximate surface area is 111 Å². The first kappa shape index (κ1) is 13.7. The number of carbonyl (C=O) groups is 2. The van der Waals surface area contributed by atoms with Crippen molar-refractivity contribution in [3.63, 3.8) is 0 Å². The van der Waals surface area contributed by atoms with Crippen LogP contribution in [0.3, 0.4) is 0 Å². The number of benzene rings is 1. The highest BCUT2D eigenvalue weighted by molar-refractivity contribution is 6.52. The summed E-state index contributed by atoms with van der Waals surface area (Å²) < 4.78 is 13.3. The fraction of sp³-hybridized carbons (Fsp3) is 0.429. The Balaban J connectivity index is 2.20. The lowest BCUT2D eigenvalue weighted by atomic mass is 10.1. The van der Waals surface area contributed by atoms with Crippen molar-refractivity contribution in [1.29, 1.82) is 0 Å². The number of nitrogens with one attached hydrogen (secondary N) is 1. The molecular formula is C14H17FN2O2. The molecule has 1 unspecified atom stereocenters. The summed E-state index contributed by atoms with van der Waals surface area (Å²) in [6, 6.07) is 3.83. The van der Waals surface area contributed by atoms with Gasteiger partial charge in [0, 0.05) is 6.54 Å². The monoisotopic (exact) mass is 264 g/mol. The van der Waals surface area contributed by atoms with Crippen LogP contribution in [0.4, 0.5) is 10.1 Å². The molecule has 19 heavy (non-hydrogen) atoms. The van der Waals surface area contributed by atoms with Crippen molar-refractivity contribution in [1.82, 2.24) is 5.32 Å². The minimum absolute atomic E-state index is 0.186. The number of anilines is 1. The zero-order valence-corrected chi connectivity index (χ0v) is 11.1. The Morgan fingerprint density at radius 2 is 2.11 bits per heavy atom. The summed E-state index contributed by atoms with van der Waals surface area (Å²) in [6.45, 7) is 6.00. The van der Waals surface area contributed by atoms with Crippen LogP contribution < -0.4 is 10.2 Å². The molecule has 2 rings (SSSR count). The van der Waals surface area contributed by atoms with Crippen LogP contribution >= 0.6 is 0 Å². The van der Waals surface area contributed by atoms with Crippen LogP contribution in [-0.2, 0) is 4.79 Å². The number of hydrogen-bond donors (Lipinski definition) is 1. The Morgan fingerprint density at radius 1 is 1.37 bits per heavy atom. The average molecular weight is 264 g/mol. The second-order valence-corrected chi connectivity index (χ2v) is 4.82. The summed E-state index contributed by atoms with van der Waals surface area (Å²) in [7, 11) is 0. The van der Waals surface area contributed by atoms with Crippen molar-refractivity contribution >= 4 is 17.4 Å². The zero-order chi connectivity index (χ0) is 14.0. The van der Waals surface area contributed by atoms with E-state index in [-0.39, 0.29) is 5.92 Å². The van der Waals surface area contributed by atoms with E-state index in [9.17, 15) is 14.0 Å².